The van der Waals surface area contributed by atoms with Crippen molar-refractivity contribution in [3.63, 3.8) is 0 Å². The van der Waals surface area contributed by atoms with E-state index in [9.17, 15) is 9.59 Å². The number of nitrogens with zero attached hydrogens (tertiary/aromatic N) is 2. The van der Waals surface area contributed by atoms with Gasteiger partial charge in [-0.15, -0.1) is 0 Å². The number of benzene rings is 1. The quantitative estimate of drug-likeness (QED) is 0.616. The summed E-state index contributed by atoms with van der Waals surface area (Å²) in [5, 5.41) is 13.1. The van der Waals surface area contributed by atoms with Gasteiger partial charge in [0.05, 0.1) is 11.2 Å². The minimum atomic E-state index is -0.482. The lowest BCUT2D eigenvalue weighted by molar-refractivity contribution is 0.0952. The van der Waals surface area contributed by atoms with Crippen molar-refractivity contribution < 1.29 is 4.79 Å². The van der Waals surface area contributed by atoms with Crippen LogP contribution in [0.5, 0.6) is 0 Å². The van der Waals surface area contributed by atoms with E-state index in [-0.39, 0.29) is 5.56 Å². The van der Waals surface area contributed by atoms with Gasteiger partial charge in [0, 0.05) is 18.5 Å². The first-order valence-corrected chi connectivity index (χ1v) is 8.00. The van der Waals surface area contributed by atoms with E-state index in [1.807, 2.05) is 36.4 Å². The van der Waals surface area contributed by atoms with E-state index in [2.05, 4.69) is 25.8 Å². The molecule has 0 aliphatic rings. The molecule has 1 aromatic carbocycles. The molecule has 128 valence electrons. The third kappa shape index (κ3) is 3.65. The van der Waals surface area contributed by atoms with Crippen molar-refractivity contribution in [1.29, 1.82) is 0 Å². The molecular weight excluding hydrogens is 318 g/mol. The Morgan fingerprint density at radius 1 is 1.12 bits per heavy atom. The Labute approximate surface area is 144 Å². The number of carbonyl (C=O) groups excluding carboxylic acids is 1. The van der Waals surface area contributed by atoms with Gasteiger partial charge in [0.15, 0.2) is 0 Å². The molecule has 0 bridgehead atoms. The average Bonchev–Trinajstić information content (AvgIpc) is 2.62. The van der Waals surface area contributed by atoms with E-state index in [0.29, 0.717) is 24.3 Å². The molecule has 2 heterocycles. The standard InChI is InChI=1S/C18H19N5O2/c1-11-12(2)22-23-18(25)16(11)17(24)20-10-9-19-15-8-7-13-5-3-4-6-14(13)21-15/h3-8H,9-10H2,1-2H3,(H,19,21)(H,20,24)(H,23,25). The van der Waals surface area contributed by atoms with Crippen LogP contribution in [-0.2, 0) is 0 Å². The first-order valence-electron chi connectivity index (χ1n) is 8.00. The molecule has 7 nitrogen and oxygen atoms in total. The zero-order chi connectivity index (χ0) is 17.8. The summed E-state index contributed by atoms with van der Waals surface area (Å²) in [5.41, 5.74) is 1.75. The molecule has 0 saturated carbocycles. The first-order chi connectivity index (χ1) is 12.1. The molecule has 1 amide bonds. The summed E-state index contributed by atoms with van der Waals surface area (Å²) in [5.74, 6) is 0.333. The Balaban J connectivity index is 1.58. The normalized spacial score (nSPS) is 10.6. The minimum absolute atomic E-state index is 0.108. The van der Waals surface area contributed by atoms with Gasteiger partial charge in [0.1, 0.15) is 11.4 Å². The Hall–Kier alpha value is -3.22. The summed E-state index contributed by atoms with van der Waals surface area (Å²) in [6.07, 6.45) is 0. The lowest BCUT2D eigenvalue weighted by atomic mass is 10.1. The van der Waals surface area contributed by atoms with Crippen molar-refractivity contribution in [3.8, 4) is 0 Å². The number of anilines is 1. The van der Waals surface area contributed by atoms with E-state index in [0.717, 1.165) is 16.7 Å². The number of aromatic nitrogens is 3. The van der Waals surface area contributed by atoms with Gasteiger partial charge in [0.25, 0.3) is 11.5 Å². The van der Waals surface area contributed by atoms with Crippen molar-refractivity contribution in [2.45, 2.75) is 13.8 Å². The largest absolute Gasteiger partial charge is 0.368 e. The summed E-state index contributed by atoms with van der Waals surface area (Å²) >= 11 is 0. The second-order valence-electron chi connectivity index (χ2n) is 5.71. The number of aryl methyl sites for hydroxylation is 1. The Bertz CT molecular complexity index is 981. The fraction of sp³-hybridized carbons (Fsp3) is 0.222. The van der Waals surface area contributed by atoms with E-state index in [1.54, 1.807) is 13.8 Å². The number of aromatic amines is 1. The van der Waals surface area contributed by atoms with Gasteiger partial charge in [-0.1, -0.05) is 18.2 Å². The highest BCUT2D eigenvalue weighted by Gasteiger charge is 2.15. The summed E-state index contributed by atoms with van der Waals surface area (Å²) in [6, 6.07) is 11.7. The van der Waals surface area contributed by atoms with E-state index in [1.165, 1.54) is 0 Å². The zero-order valence-electron chi connectivity index (χ0n) is 14.1. The monoisotopic (exact) mass is 337 g/mol. The summed E-state index contributed by atoms with van der Waals surface area (Å²) in [6.45, 7) is 4.32. The Morgan fingerprint density at radius 2 is 1.92 bits per heavy atom. The van der Waals surface area contributed by atoms with Crippen molar-refractivity contribution in [3.05, 3.63) is 63.6 Å². The van der Waals surface area contributed by atoms with Crippen LogP contribution in [0.1, 0.15) is 21.6 Å². The third-order valence-corrected chi connectivity index (χ3v) is 4.01. The molecular formula is C18H19N5O2. The summed E-state index contributed by atoms with van der Waals surface area (Å²) in [4.78, 5) is 28.5. The molecule has 0 radical (unpaired) electrons. The topological polar surface area (TPSA) is 99.8 Å². The second kappa shape index (κ2) is 7.12. The highest BCUT2D eigenvalue weighted by Crippen LogP contribution is 2.14. The smallest absolute Gasteiger partial charge is 0.277 e. The lowest BCUT2D eigenvalue weighted by Gasteiger charge is -2.09. The number of carbonyl (C=O) groups is 1. The van der Waals surface area contributed by atoms with Gasteiger partial charge in [-0.25, -0.2) is 10.1 Å². The number of hydrogen-bond donors (Lipinski definition) is 3. The third-order valence-electron chi connectivity index (χ3n) is 4.01. The van der Waals surface area contributed by atoms with Crippen LogP contribution >= 0.6 is 0 Å². The molecule has 0 aliphatic heterocycles. The van der Waals surface area contributed by atoms with E-state index < -0.39 is 11.5 Å². The fourth-order valence-corrected chi connectivity index (χ4v) is 2.52. The molecule has 0 unspecified atom stereocenters. The highest BCUT2D eigenvalue weighted by molar-refractivity contribution is 5.95. The average molecular weight is 337 g/mol. The van der Waals surface area contributed by atoms with Crippen LogP contribution in [0.15, 0.2) is 41.2 Å². The predicted octanol–water partition coefficient (Wildman–Crippen LogP) is 1.78. The van der Waals surface area contributed by atoms with Crippen LogP contribution in [0.3, 0.4) is 0 Å². The SMILES string of the molecule is Cc1n[nH]c(=O)c(C(=O)NCCNc2ccc3ccccc3n2)c1C. The molecule has 0 fully saturated rings. The molecule has 3 rings (SSSR count). The molecule has 0 saturated heterocycles. The number of para-hydroxylation sites is 1. The molecule has 0 aliphatic carbocycles. The highest BCUT2D eigenvalue weighted by atomic mass is 16.2. The Morgan fingerprint density at radius 3 is 2.76 bits per heavy atom. The molecule has 3 aromatic rings. The minimum Gasteiger partial charge on any atom is -0.368 e. The van der Waals surface area contributed by atoms with Gasteiger partial charge in [-0.2, -0.15) is 5.10 Å². The second-order valence-corrected chi connectivity index (χ2v) is 5.71. The van der Waals surface area contributed by atoms with E-state index in [4.69, 9.17) is 0 Å². The summed E-state index contributed by atoms with van der Waals surface area (Å²) in [7, 11) is 0. The van der Waals surface area contributed by atoms with Crippen LogP contribution in [0, 0.1) is 13.8 Å². The molecule has 0 spiro atoms. The summed E-state index contributed by atoms with van der Waals surface area (Å²) < 4.78 is 0. The lowest BCUT2D eigenvalue weighted by Crippen LogP contribution is -2.34. The van der Waals surface area contributed by atoms with Crippen LogP contribution in [0.25, 0.3) is 10.9 Å². The van der Waals surface area contributed by atoms with Crippen molar-refractivity contribution in [2.75, 3.05) is 18.4 Å². The maximum absolute atomic E-state index is 12.2. The van der Waals surface area contributed by atoms with Crippen LogP contribution < -0.4 is 16.2 Å². The Kier molecular flexibility index (Phi) is 4.74. The molecule has 7 heteroatoms. The van der Waals surface area contributed by atoms with Crippen LogP contribution in [-0.4, -0.2) is 34.2 Å². The number of nitrogens with one attached hydrogen (secondary N) is 3. The zero-order valence-corrected chi connectivity index (χ0v) is 14.1. The van der Waals surface area contributed by atoms with Gasteiger partial charge < -0.3 is 10.6 Å². The van der Waals surface area contributed by atoms with Crippen LogP contribution in [0.4, 0.5) is 5.82 Å². The predicted molar refractivity (Wildman–Crippen MR) is 96.9 cm³/mol. The van der Waals surface area contributed by atoms with Crippen molar-refractivity contribution in [1.82, 2.24) is 20.5 Å². The molecule has 3 N–H and O–H groups in total. The number of fused-ring (bicyclic) bond motifs is 1. The fourth-order valence-electron chi connectivity index (χ4n) is 2.52. The molecule has 0 atom stereocenters. The number of hydrogen-bond acceptors (Lipinski definition) is 5. The van der Waals surface area contributed by atoms with Gasteiger partial charge in [0.2, 0.25) is 0 Å². The van der Waals surface area contributed by atoms with E-state index >= 15 is 0 Å². The number of rotatable bonds is 5. The first kappa shape index (κ1) is 16.6. The maximum atomic E-state index is 12.2. The van der Waals surface area contributed by atoms with Gasteiger partial charge in [-0.3, -0.25) is 9.59 Å². The van der Waals surface area contributed by atoms with Crippen molar-refractivity contribution >= 4 is 22.6 Å². The number of amides is 1. The number of H-pyrrole nitrogens is 1. The van der Waals surface area contributed by atoms with Gasteiger partial charge >= 0.3 is 0 Å². The van der Waals surface area contributed by atoms with Gasteiger partial charge in [-0.05, 0) is 37.6 Å². The molecule has 2 aromatic heterocycles. The number of pyridine rings is 1. The van der Waals surface area contributed by atoms with Crippen molar-refractivity contribution in [2.24, 2.45) is 0 Å². The maximum Gasteiger partial charge on any atom is 0.277 e. The molecule has 25 heavy (non-hydrogen) atoms. The van der Waals surface area contributed by atoms with Crippen LogP contribution in [0.2, 0.25) is 0 Å².